The highest BCUT2D eigenvalue weighted by Crippen LogP contribution is 2.12. The molecule has 3 N–H and O–H groups in total. The molecule has 7 nitrogen and oxygen atoms in total. The van der Waals surface area contributed by atoms with Crippen molar-refractivity contribution in [2.75, 3.05) is 43.2 Å². The Morgan fingerprint density at radius 3 is 2.29 bits per heavy atom. The van der Waals surface area contributed by atoms with E-state index in [2.05, 4.69) is 15.0 Å². The fraction of sp³-hybridized carbons (Fsp3) is 0.700. The maximum atomic E-state index is 9.23. The molecule has 0 saturated carbocycles. The minimum atomic E-state index is -0.343. The maximum absolute atomic E-state index is 9.23. The van der Waals surface area contributed by atoms with Crippen LogP contribution in [0, 0.1) is 0 Å². The van der Waals surface area contributed by atoms with E-state index in [1.807, 2.05) is 26.0 Å². The zero-order valence-corrected chi connectivity index (χ0v) is 10.8. The highest BCUT2D eigenvalue weighted by molar-refractivity contribution is 5.42. The van der Waals surface area contributed by atoms with Gasteiger partial charge in [-0.3, -0.25) is 0 Å². The number of aliphatic hydroxyl groups excluding tert-OH is 1. The van der Waals surface area contributed by atoms with Crippen molar-refractivity contribution in [3.05, 3.63) is 0 Å². The normalized spacial score (nSPS) is 12.3. The van der Waals surface area contributed by atoms with Crippen molar-refractivity contribution in [2.24, 2.45) is 0 Å². The molecular weight excluding hydrogens is 220 g/mol. The van der Waals surface area contributed by atoms with E-state index < -0.39 is 0 Å². The zero-order chi connectivity index (χ0) is 13.0. The molecule has 0 saturated heterocycles. The Bertz CT molecular complexity index is 368. The Kier molecular flexibility index (Phi) is 4.45. The minimum absolute atomic E-state index is 0.197. The molecule has 1 aromatic rings. The largest absolute Gasteiger partial charge is 0.393 e. The van der Waals surface area contributed by atoms with Gasteiger partial charge in [0.15, 0.2) is 0 Å². The van der Waals surface area contributed by atoms with Crippen LogP contribution in [-0.2, 0) is 0 Å². The zero-order valence-electron chi connectivity index (χ0n) is 10.8. The first-order chi connectivity index (χ1) is 7.90. The molecule has 0 aliphatic rings. The van der Waals surface area contributed by atoms with Crippen molar-refractivity contribution in [3.8, 4) is 0 Å². The predicted octanol–water partition coefficient (Wildman–Crippen LogP) is -0.273. The number of rotatable bonds is 5. The topological polar surface area (TPSA) is 91.4 Å². The first-order valence-corrected chi connectivity index (χ1v) is 5.48. The number of nitrogens with zero attached hydrogens (tertiary/aromatic N) is 5. The first-order valence-electron chi connectivity index (χ1n) is 5.48. The summed E-state index contributed by atoms with van der Waals surface area (Å²) in [6, 6.07) is 0. The lowest BCUT2D eigenvalue weighted by Crippen LogP contribution is -2.25. The van der Waals surface area contributed by atoms with Crippen LogP contribution in [0.3, 0.4) is 0 Å². The van der Waals surface area contributed by atoms with E-state index in [1.54, 1.807) is 11.8 Å². The van der Waals surface area contributed by atoms with Gasteiger partial charge in [-0.05, 0) is 13.3 Å². The van der Waals surface area contributed by atoms with Gasteiger partial charge in [0, 0.05) is 27.7 Å². The minimum Gasteiger partial charge on any atom is -0.393 e. The third kappa shape index (κ3) is 4.03. The molecule has 96 valence electrons. The molecule has 1 aromatic heterocycles. The van der Waals surface area contributed by atoms with Crippen molar-refractivity contribution in [1.82, 2.24) is 15.0 Å². The summed E-state index contributed by atoms with van der Waals surface area (Å²) in [6.07, 6.45) is 0.310. The van der Waals surface area contributed by atoms with Crippen molar-refractivity contribution >= 4 is 17.8 Å². The van der Waals surface area contributed by atoms with Gasteiger partial charge in [-0.1, -0.05) is 0 Å². The molecule has 1 atom stereocenters. The molecule has 1 rings (SSSR count). The number of nitrogen functional groups attached to an aromatic ring is 1. The second-order valence-electron chi connectivity index (χ2n) is 4.25. The molecule has 0 spiro atoms. The molecule has 7 heteroatoms. The summed E-state index contributed by atoms with van der Waals surface area (Å²) >= 11 is 0. The fourth-order valence-electron chi connectivity index (χ4n) is 1.22. The molecule has 0 bridgehead atoms. The predicted molar refractivity (Wildman–Crippen MR) is 68.1 cm³/mol. The monoisotopic (exact) mass is 240 g/mol. The van der Waals surface area contributed by atoms with Crippen molar-refractivity contribution < 1.29 is 5.11 Å². The summed E-state index contributed by atoms with van der Waals surface area (Å²) in [4.78, 5) is 16.0. The highest BCUT2D eigenvalue weighted by atomic mass is 16.3. The highest BCUT2D eigenvalue weighted by Gasteiger charge is 2.10. The maximum Gasteiger partial charge on any atom is 0.231 e. The van der Waals surface area contributed by atoms with Crippen molar-refractivity contribution in [3.63, 3.8) is 0 Å². The van der Waals surface area contributed by atoms with Crippen LogP contribution in [0.2, 0.25) is 0 Å². The second kappa shape index (κ2) is 5.62. The van der Waals surface area contributed by atoms with Crippen LogP contribution in [0.4, 0.5) is 17.8 Å². The molecule has 0 amide bonds. The van der Waals surface area contributed by atoms with Crippen LogP contribution >= 0.6 is 0 Å². The van der Waals surface area contributed by atoms with Gasteiger partial charge in [0.05, 0.1) is 6.10 Å². The molecule has 1 heterocycles. The van der Waals surface area contributed by atoms with Crippen molar-refractivity contribution in [1.29, 1.82) is 0 Å². The first kappa shape index (κ1) is 13.4. The van der Waals surface area contributed by atoms with Crippen LogP contribution in [0.15, 0.2) is 0 Å². The number of hydrogen-bond donors (Lipinski definition) is 2. The fourth-order valence-corrected chi connectivity index (χ4v) is 1.22. The molecular formula is C10H20N6O. The van der Waals surface area contributed by atoms with E-state index in [9.17, 15) is 5.11 Å². The summed E-state index contributed by atoms with van der Waals surface area (Å²) in [6.45, 7) is 2.41. The van der Waals surface area contributed by atoms with Gasteiger partial charge >= 0.3 is 0 Å². The number of aliphatic hydroxyl groups is 1. The van der Waals surface area contributed by atoms with Gasteiger partial charge in [0.25, 0.3) is 0 Å². The van der Waals surface area contributed by atoms with E-state index >= 15 is 0 Å². The third-order valence-corrected chi connectivity index (χ3v) is 2.25. The van der Waals surface area contributed by atoms with E-state index in [1.165, 1.54) is 0 Å². The summed E-state index contributed by atoms with van der Waals surface area (Å²) in [7, 11) is 5.54. The lowest BCUT2D eigenvalue weighted by Gasteiger charge is -2.19. The molecule has 1 unspecified atom stereocenters. The summed E-state index contributed by atoms with van der Waals surface area (Å²) in [5.74, 6) is 1.24. The van der Waals surface area contributed by atoms with Gasteiger partial charge in [-0.2, -0.15) is 15.0 Å². The van der Waals surface area contributed by atoms with Gasteiger partial charge in [-0.15, -0.1) is 0 Å². The SMILES string of the molecule is CC(O)CCN(C)c1nc(N)nc(N(C)C)n1. The van der Waals surface area contributed by atoms with Gasteiger partial charge in [0.2, 0.25) is 17.8 Å². The summed E-state index contributed by atoms with van der Waals surface area (Å²) in [5.41, 5.74) is 5.63. The van der Waals surface area contributed by atoms with E-state index in [0.717, 1.165) is 0 Å². The van der Waals surface area contributed by atoms with Gasteiger partial charge in [0.1, 0.15) is 0 Å². The smallest absolute Gasteiger partial charge is 0.231 e. The summed E-state index contributed by atoms with van der Waals surface area (Å²) < 4.78 is 0. The molecule has 0 fully saturated rings. The third-order valence-electron chi connectivity index (χ3n) is 2.25. The second-order valence-corrected chi connectivity index (χ2v) is 4.25. The standard InChI is InChI=1S/C10H20N6O/c1-7(17)5-6-16(4)10-13-8(11)12-9(14-10)15(2)3/h7,17H,5-6H2,1-4H3,(H2,11,12,13,14). The van der Waals surface area contributed by atoms with Crippen LogP contribution in [0.25, 0.3) is 0 Å². The Labute approximate surface area is 101 Å². The lowest BCUT2D eigenvalue weighted by atomic mass is 10.3. The average molecular weight is 240 g/mol. The summed E-state index contributed by atoms with van der Waals surface area (Å²) in [5, 5.41) is 9.23. The molecule has 17 heavy (non-hydrogen) atoms. The Morgan fingerprint density at radius 1 is 1.18 bits per heavy atom. The van der Waals surface area contributed by atoms with Crippen LogP contribution in [0.5, 0.6) is 0 Å². The van der Waals surface area contributed by atoms with Gasteiger partial charge in [-0.25, -0.2) is 0 Å². The van der Waals surface area contributed by atoms with Gasteiger partial charge < -0.3 is 20.6 Å². The average Bonchev–Trinajstić information content (AvgIpc) is 2.24. The molecule has 0 aromatic carbocycles. The Balaban J connectivity index is 2.82. The molecule has 0 radical (unpaired) electrons. The van der Waals surface area contributed by atoms with E-state index in [0.29, 0.717) is 24.9 Å². The molecule has 0 aliphatic carbocycles. The Morgan fingerprint density at radius 2 is 1.76 bits per heavy atom. The number of nitrogens with two attached hydrogens (primary N) is 1. The van der Waals surface area contributed by atoms with Crippen molar-refractivity contribution in [2.45, 2.75) is 19.4 Å². The Hall–Kier alpha value is -1.63. The quantitative estimate of drug-likeness (QED) is 0.731. The lowest BCUT2D eigenvalue weighted by molar-refractivity contribution is 0.186. The number of anilines is 3. The molecule has 0 aliphatic heterocycles. The number of hydrogen-bond acceptors (Lipinski definition) is 7. The van der Waals surface area contributed by atoms with Crippen LogP contribution < -0.4 is 15.5 Å². The van der Waals surface area contributed by atoms with E-state index in [-0.39, 0.29) is 12.1 Å². The number of aromatic nitrogens is 3. The van der Waals surface area contributed by atoms with Crippen LogP contribution in [0.1, 0.15) is 13.3 Å². The van der Waals surface area contributed by atoms with Crippen LogP contribution in [-0.4, -0.2) is 53.9 Å². The van der Waals surface area contributed by atoms with E-state index in [4.69, 9.17) is 5.73 Å².